The van der Waals surface area contributed by atoms with Gasteiger partial charge in [0, 0.05) is 13.1 Å². The molecule has 0 aromatic heterocycles. The van der Waals surface area contributed by atoms with Crippen LogP contribution in [-0.2, 0) is 13.1 Å². The van der Waals surface area contributed by atoms with Gasteiger partial charge in [0.05, 0.1) is 0 Å². The monoisotopic (exact) mass is 386 g/mol. The fraction of sp³-hybridized carbons (Fsp3) is 0.0714. The van der Waals surface area contributed by atoms with Crippen molar-refractivity contribution in [2.45, 2.75) is 13.1 Å². The molecule has 0 fully saturated rings. The Kier molecular flexibility index (Phi) is 3.79. The van der Waals surface area contributed by atoms with Crippen LogP contribution in [-0.4, -0.2) is 0 Å². The van der Waals surface area contributed by atoms with Gasteiger partial charge in [-0.2, -0.15) is 0 Å². The first-order chi connectivity index (χ1) is 14.8. The predicted octanol–water partition coefficient (Wildman–Crippen LogP) is 6.37. The van der Waals surface area contributed by atoms with Gasteiger partial charge in [-0.3, -0.25) is 0 Å². The number of rotatable bonds is 2. The molecule has 4 N–H and O–H groups in total. The first-order valence-corrected chi connectivity index (χ1v) is 10.4. The van der Waals surface area contributed by atoms with E-state index in [1.807, 2.05) is 0 Å². The maximum absolute atomic E-state index is 5.98. The Morgan fingerprint density at radius 3 is 1.13 bits per heavy atom. The van der Waals surface area contributed by atoms with Crippen LogP contribution in [0.1, 0.15) is 11.1 Å². The summed E-state index contributed by atoms with van der Waals surface area (Å²) in [4.78, 5) is 0. The highest BCUT2D eigenvalue weighted by atomic mass is 14.5. The molecule has 2 nitrogen and oxygen atoms in total. The van der Waals surface area contributed by atoms with E-state index in [4.69, 9.17) is 11.5 Å². The molecule has 0 unspecified atom stereocenters. The van der Waals surface area contributed by atoms with E-state index in [0.29, 0.717) is 13.1 Å². The van der Waals surface area contributed by atoms with Gasteiger partial charge >= 0.3 is 0 Å². The molecule has 0 saturated carbocycles. The summed E-state index contributed by atoms with van der Waals surface area (Å²) in [6, 6.07) is 30.9. The highest BCUT2D eigenvalue weighted by Gasteiger charge is 2.12. The van der Waals surface area contributed by atoms with E-state index in [1.165, 1.54) is 53.9 Å². The highest BCUT2D eigenvalue weighted by molar-refractivity contribution is 6.32. The molecule has 144 valence electrons. The van der Waals surface area contributed by atoms with Crippen LogP contribution in [0.2, 0.25) is 0 Å². The van der Waals surface area contributed by atoms with E-state index in [-0.39, 0.29) is 0 Å². The minimum absolute atomic E-state index is 0.542. The highest BCUT2D eigenvalue weighted by Crippen LogP contribution is 2.39. The van der Waals surface area contributed by atoms with Crippen LogP contribution in [0, 0.1) is 0 Å². The standard InChI is InChI=1S/C28H22N2/c29-15-17-1-3-19-5-7-21-9-11-23-12-10-22-8-6-20-4-2-18(16-30)14-25(20)27(22)28(23)26(21)24(19)13-17/h1-14H,15-16,29-30H2. The lowest BCUT2D eigenvalue weighted by Crippen LogP contribution is -1.96. The largest absolute Gasteiger partial charge is 0.326 e. The average Bonchev–Trinajstić information content (AvgIpc) is 2.82. The molecule has 0 saturated heterocycles. The first-order valence-electron chi connectivity index (χ1n) is 10.4. The van der Waals surface area contributed by atoms with E-state index in [1.54, 1.807) is 0 Å². The second kappa shape index (κ2) is 6.53. The Labute approximate surface area is 174 Å². The van der Waals surface area contributed by atoms with Crippen molar-refractivity contribution in [3.8, 4) is 0 Å². The van der Waals surface area contributed by atoms with E-state index in [0.717, 1.165) is 11.1 Å². The Bertz CT molecular complexity index is 1480. The molecule has 0 radical (unpaired) electrons. The van der Waals surface area contributed by atoms with Gasteiger partial charge in [0.1, 0.15) is 0 Å². The van der Waals surface area contributed by atoms with Crippen LogP contribution in [0.5, 0.6) is 0 Å². The predicted molar refractivity (Wildman–Crippen MR) is 130 cm³/mol. The van der Waals surface area contributed by atoms with Gasteiger partial charge in [0.25, 0.3) is 0 Å². The summed E-state index contributed by atoms with van der Waals surface area (Å²) >= 11 is 0. The molecule has 0 atom stereocenters. The Hall–Kier alpha value is -3.46. The Balaban J connectivity index is 1.94. The molecule has 6 rings (SSSR count). The number of hydrogen-bond acceptors (Lipinski definition) is 2. The van der Waals surface area contributed by atoms with Gasteiger partial charge in [-0.05, 0) is 77.1 Å². The summed E-state index contributed by atoms with van der Waals surface area (Å²) < 4.78 is 0. The molecule has 0 aliphatic rings. The van der Waals surface area contributed by atoms with Crippen LogP contribution in [0.25, 0.3) is 53.9 Å². The molecule has 2 heteroatoms. The number of fused-ring (bicyclic) bond motifs is 9. The zero-order valence-corrected chi connectivity index (χ0v) is 16.7. The second-order valence-corrected chi connectivity index (χ2v) is 8.08. The number of hydrogen-bond donors (Lipinski definition) is 2. The molecule has 0 spiro atoms. The van der Waals surface area contributed by atoms with Crippen molar-refractivity contribution in [1.82, 2.24) is 0 Å². The van der Waals surface area contributed by atoms with Crippen LogP contribution < -0.4 is 11.5 Å². The van der Waals surface area contributed by atoms with Gasteiger partial charge in [-0.15, -0.1) is 0 Å². The van der Waals surface area contributed by atoms with Crippen molar-refractivity contribution in [3.63, 3.8) is 0 Å². The van der Waals surface area contributed by atoms with Crippen LogP contribution in [0.4, 0.5) is 0 Å². The van der Waals surface area contributed by atoms with Gasteiger partial charge < -0.3 is 11.5 Å². The maximum atomic E-state index is 5.98. The maximum Gasteiger partial charge on any atom is 0.0178 e. The van der Waals surface area contributed by atoms with Crippen LogP contribution in [0.15, 0.2) is 84.9 Å². The number of benzene rings is 6. The number of nitrogens with two attached hydrogens (primary N) is 2. The van der Waals surface area contributed by atoms with Crippen LogP contribution in [0.3, 0.4) is 0 Å². The molecular formula is C28H22N2. The molecule has 0 aliphatic heterocycles. The zero-order chi connectivity index (χ0) is 20.2. The molecule has 0 amide bonds. The fourth-order valence-electron chi connectivity index (χ4n) is 4.85. The lowest BCUT2D eigenvalue weighted by atomic mass is 9.90. The average molecular weight is 386 g/mol. The molecule has 0 bridgehead atoms. The summed E-state index contributed by atoms with van der Waals surface area (Å²) in [6.07, 6.45) is 0. The van der Waals surface area contributed by atoms with Crippen molar-refractivity contribution < 1.29 is 0 Å². The summed E-state index contributed by atoms with van der Waals surface area (Å²) in [7, 11) is 0. The van der Waals surface area contributed by atoms with E-state index >= 15 is 0 Å². The Morgan fingerprint density at radius 1 is 0.400 bits per heavy atom. The zero-order valence-electron chi connectivity index (χ0n) is 16.7. The van der Waals surface area contributed by atoms with E-state index in [9.17, 15) is 0 Å². The van der Waals surface area contributed by atoms with Gasteiger partial charge in [0.2, 0.25) is 0 Å². The third kappa shape index (κ3) is 2.45. The van der Waals surface area contributed by atoms with Gasteiger partial charge in [-0.25, -0.2) is 0 Å². The minimum atomic E-state index is 0.542. The third-order valence-corrected chi connectivity index (χ3v) is 6.38. The molecule has 30 heavy (non-hydrogen) atoms. The van der Waals surface area contributed by atoms with E-state index in [2.05, 4.69) is 84.9 Å². The topological polar surface area (TPSA) is 52.0 Å². The van der Waals surface area contributed by atoms with Crippen molar-refractivity contribution in [2.24, 2.45) is 11.5 Å². The van der Waals surface area contributed by atoms with E-state index < -0.39 is 0 Å². The SMILES string of the molecule is NCc1ccc2ccc3ccc4ccc5ccc6ccc(CN)cc6c5c4c3c2c1. The lowest BCUT2D eigenvalue weighted by molar-refractivity contribution is 1.08. The summed E-state index contributed by atoms with van der Waals surface area (Å²) in [5, 5.41) is 12.7. The quantitative estimate of drug-likeness (QED) is 0.340. The molecular weight excluding hydrogens is 364 g/mol. The Morgan fingerprint density at radius 2 is 0.733 bits per heavy atom. The molecule has 0 heterocycles. The molecule has 6 aromatic carbocycles. The minimum Gasteiger partial charge on any atom is -0.326 e. The smallest absolute Gasteiger partial charge is 0.0178 e. The van der Waals surface area contributed by atoms with Crippen molar-refractivity contribution in [2.75, 3.05) is 0 Å². The van der Waals surface area contributed by atoms with Crippen molar-refractivity contribution >= 4 is 53.9 Å². The van der Waals surface area contributed by atoms with Gasteiger partial charge in [-0.1, -0.05) is 72.8 Å². The van der Waals surface area contributed by atoms with Crippen LogP contribution >= 0.6 is 0 Å². The van der Waals surface area contributed by atoms with Crippen molar-refractivity contribution in [3.05, 3.63) is 96.1 Å². The third-order valence-electron chi connectivity index (χ3n) is 6.38. The lowest BCUT2D eigenvalue weighted by Gasteiger charge is -2.14. The summed E-state index contributed by atoms with van der Waals surface area (Å²) in [5.41, 5.74) is 14.3. The van der Waals surface area contributed by atoms with Gasteiger partial charge in [0.15, 0.2) is 0 Å². The first kappa shape index (κ1) is 17.4. The normalized spacial score (nSPS) is 11.9. The fourth-order valence-corrected chi connectivity index (χ4v) is 4.85. The molecule has 6 aromatic rings. The summed E-state index contributed by atoms with van der Waals surface area (Å²) in [5.74, 6) is 0. The second-order valence-electron chi connectivity index (χ2n) is 8.08. The summed E-state index contributed by atoms with van der Waals surface area (Å²) in [6.45, 7) is 1.08. The van der Waals surface area contributed by atoms with Crippen molar-refractivity contribution in [1.29, 1.82) is 0 Å². The molecule has 0 aliphatic carbocycles.